The molecule has 0 aliphatic carbocycles. The molecule has 5 N–H and O–H groups in total. The number of pyridine rings is 1. The minimum absolute atomic E-state index is 0.547. The van der Waals surface area contributed by atoms with Gasteiger partial charge in [0.2, 0.25) is 6.54 Å². The van der Waals surface area contributed by atoms with Crippen LogP contribution < -0.4 is 4.57 Å². The molecule has 0 amide bonds. The second-order valence-corrected chi connectivity index (χ2v) is 10.8. The molecular weight excluding hydrogens is 392 g/mol. The van der Waals surface area contributed by atoms with Gasteiger partial charge in [-0.25, -0.2) is 4.57 Å². The van der Waals surface area contributed by atoms with Gasteiger partial charge in [-0.1, -0.05) is 23.3 Å². The van der Waals surface area contributed by atoms with E-state index >= 15 is 0 Å². The SMILES string of the molecule is CC(C)=CCC/C(C)=C/Cc1ccc[n+](CC(O)(P(=O)(O)O)P(=O)(O)O)c1. The lowest BCUT2D eigenvalue weighted by molar-refractivity contribution is -0.703. The lowest BCUT2D eigenvalue weighted by atomic mass is 10.1. The largest absolute Gasteiger partial charge is 0.376 e. The second-order valence-electron chi connectivity index (χ2n) is 6.82. The highest BCUT2D eigenvalue weighted by atomic mass is 31.2. The third-order valence-corrected chi connectivity index (χ3v) is 7.74. The summed E-state index contributed by atoms with van der Waals surface area (Å²) in [5, 5.41) is 6.55. The fourth-order valence-electron chi connectivity index (χ4n) is 2.38. The number of rotatable bonds is 9. The van der Waals surface area contributed by atoms with Gasteiger partial charge >= 0.3 is 20.3 Å². The average Bonchev–Trinajstić information content (AvgIpc) is 2.50. The predicted molar refractivity (Wildman–Crippen MR) is 102 cm³/mol. The Kier molecular flexibility index (Phi) is 8.32. The fourth-order valence-corrected chi connectivity index (χ4v) is 4.43. The average molecular weight is 420 g/mol. The zero-order chi connectivity index (χ0) is 20.9. The number of allylic oxidation sites excluding steroid dienone is 4. The van der Waals surface area contributed by atoms with E-state index in [0.717, 1.165) is 18.4 Å². The van der Waals surface area contributed by atoms with Gasteiger partial charge in [-0.2, -0.15) is 0 Å². The summed E-state index contributed by atoms with van der Waals surface area (Å²) in [5.74, 6) is 0. The Hall–Kier alpha value is -1.11. The molecule has 0 aliphatic heterocycles. The normalized spacial score (nSPS) is 13.6. The van der Waals surface area contributed by atoms with Crippen molar-refractivity contribution in [1.29, 1.82) is 0 Å². The molecule has 0 saturated carbocycles. The Labute approximate surface area is 159 Å². The molecule has 1 rings (SSSR count). The van der Waals surface area contributed by atoms with Crippen LogP contribution in [0.2, 0.25) is 0 Å². The third-order valence-electron chi connectivity index (χ3n) is 4.02. The van der Waals surface area contributed by atoms with Crippen LogP contribution in [0, 0.1) is 0 Å². The molecule has 0 aliphatic rings. The highest BCUT2D eigenvalue weighted by Gasteiger charge is 2.62. The van der Waals surface area contributed by atoms with Gasteiger partial charge in [0.25, 0.3) is 0 Å². The highest BCUT2D eigenvalue weighted by molar-refractivity contribution is 7.72. The molecule has 8 nitrogen and oxygen atoms in total. The van der Waals surface area contributed by atoms with Crippen molar-refractivity contribution in [3.05, 3.63) is 53.4 Å². The van der Waals surface area contributed by atoms with Crippen molar-refractivity contribution in [3.63, 3.8) is 0 Å². The lowest BCUT2D eigenvalue weighted by Crippen LogP contribution is -2.47. The Morgan fingerprint density at radius 3 is 2.22 bits per heavy atom. The standard InChI is InChI=1S/C17H27NO7P2/c1-14(2)6-4-7-15(3)9-10-16-8-5-11-18(12-16)13-17(19,26(20,21)22)27(23,24)25/h5-6,8-9,11-12,19H,4,7,10,13H2,1-3H3,(H3-,20,21,22,23,24,25)/p+1/b15-9+. The third kappa shape index (κ3) is 7.09. The monoisotopic (exact) mass is 420 g/mol. The number of hydrogen-bond acceptors (Lipinski definition) is 3. The van der Waals surface area contributed by atoms with E-state index in [4.69, 9.17) is 0 Å². The van der Waals surface area contributed by atoms with E-state index in [2.05, 4.69) is 6.08 Å². The molecule has 0 saturated heterocycles. The maximum Gasteiger partial charge on any atom is 0.376 e. The topological polar surface area (TPSA) is 139 Å². The van der Waals surface area contributed by atoms with E-state index in [9.17, 15) is 33.8 Å². The van der Waals surface area contributed by atoms with Crippen molar-refractivity contribution in [2.45, 2.75) is 51.7 Å². The molecule has 0 aromatic carbocycles. The van der Waals surface area contributed by atoms with E-state index in [1.54, 1.807) is 12.1 Å². The minimum Gasteiger partial charge on any atom is -0.363 e. The molecule has 10 heteroatoms. The summed E-state index contributed by atoms with van der Waals surface area (Å²) in [7, 11) is -11.0. The van der Waals surface area contributed by atoms with E-state index in [1.165, 1.54) is 28.1 Å². The van der Waals surface area contributed by atoms with Gasteiger partial charge in [0.15, 0.2) is 12.4 Å². The van der Waals surface area contributed by atoms with Crippen LogP contribution in [0.1, 0.15) is 39.2 Å². The van der Waals surface area contributed by atoms with Crippen LogP contribution in [0.4, 0.5) is 0 Å². The van der Waals surface area contributed by atoms with Gasteiger partial charge in [-0.15, -0.1) is 0 Å². The summed E-state index contributed by atoms with van der Waals surface area (Å²) < 4.78 is 24.1. The van der Waals surface area contributed by atoms with Gasteiger partial charge in [0.05, 0.1) is 0 Å². The van der Waals surface area contributed by atoms with Gasteiger partial charge in [-0.05, 0) is 46.1 Å². The van der Waals surface area contributed by atoms with Crippen LogP contribution in [0.5, 0.6) is 0 Å². The van der Waals surface area contributed by atoms with Crippen LogP contribution in [-0.2, 0) is 22.1 Å². The lowest BCUT2D eigenvalue weighted by Gasteiger charge is -2.26. The number of aliphatic hydroxyl groups is 1. The Morgan fingerprint density at radius 2 is 1.70 bits per heavy atom. The highest BCUT2D eigenvalue weighted by Crippen LogP contribution is 2.67. The zero-order valence-electron chi connectivity index (χ0n) is 15.7. The summed E-state index contributed by atoms with van der Waals surface area (Å²) in [4.78, 5) is 37.0. The summed E-state index contributed by atoms with van der Waals surface area (Å²) in [6.07, 6.45) is 9.45. The Balaban J connectivity index is 2.95. The van der Waals surface area contributed by atoms with E-state index < -0.39 is 26.8 Å². The van der Waals surface area contributed by atoms with Crippen LogP contribution in [0.3, 0.4) is 0 Å². The van der Waals surface area contributed by atoms with Crippen molar-refractivity contribution in [1.82, 2.24) is 0 Å². The van der Waals surface area contributed by atoms with Gasteiger partial charge in [0.1, 0.15) is 0 Å². The summed E-state index contributed by atoms with van der Waals surface area (Å²) in [6.45, 7) is 5.16. The summed E-state index contributed by atoms with van der Waals surface area (Å²) in [5.41, 5.74) is 3.22. The van der Waals surface area contributed by atoms with Crippen LogP contribution in [-0.4, -0.2) is 29.8 Å². The molecule has 0 unspecified atom stereocenters. The molecule has 1 aromatic heterocycles. The fraction of sp³-hybridized carbons (Fsp3) is 0.471. The van der Waals surface area contributed by atoms with Gasteiger partial charge in [0, 0.05) is 11.6 Å². The predicted octanol–water partition coefficient (Wildman–Crippen LogP) is 2.21. The van der Waals surface area contributed by atoms with E-state index in [-0.39, 0.29) is 0 Å². The summed E-state index contributed by atoms with van der Waals surface area (Å²) in [6, 6.07) is 3.37. The van der Waals surface area contributed by atoms with Crippen molar-refractivity contribution in [3.8, 4) is 0 Å². The number of hydrogen-bond donors (Lipinski definition) is 5. The zero-order valence-corrected chi connectivity index (χ0v) is 17.5. The smallest absolute Gasteiger partial charge is 0.363 e. The molecule has 0 bridgehead atoms. The Bertz CT molecular complexity index is 781. The first kappa shape index (κ1) is 23.9. The number of aromatic nitrogens is 1. The van der Waals surface area contributed by atoms with Crippen LogP contribution in [0.15, 0.2) is 47.8 Å². The van der Waals surface area contributed by atoms with Crippen LogP contribution >= 0.6 is 15.2 Å². The maximum atomic E-state index is 11.5. The minimum atomic E-state index is -5.49. The maximum absolute atomic E-state index is 11.5. The van der Waals surface area contributed by atoms with E-state index in [1.807, 2.05) is 26.8 Å². The quantitative estimate of drug-likeness (QED) is 0.234. The van der Waals surface area contributed by atoms with Gasteiger partial charge in [-0.3, -0.25) is 9.13 Å². The molecule has 0 atom stereocenters. The first-order chi connectivity index (χ1) is 12.3. The van der Waals surface area contributed by atoms with Gasteiger partial charge < -0.3 is 24.7 Å². The van der Waals surface area contributed by atoms with Crippen molar-refractivity contribution >= 4 is 15.2 Å². The van der Waals surface area contributed by atoms with Crippen molar-refractivity contribution in [2.24, 2.45) is 0 Å². The summed E-state index contributed by atoms with van der Waals surface area (Å²) >= 11 is 0. The molecular formula is C17H28NO7P2+. The molecule has 1 heterocycles. The molecule has 1 aromatic rings. The number of nitrogens with zero attached hydrogens (tertiary/aromatic N) is 1. The van der Waals surface area contributed by atoms with Crippen molar-refractivity contribution < 1.29 is 38.4 Å². The molecule has 0 spiro atoms. The first-order valence-corrected chi connectivity index (χ1v) is 11.6. The molecule has 27 heavy (non-hydrogen) atoms. The van der Waals surface area contributed by atoms with E-state index in [0.29, 0.717) is 6.42 Å². The second kappa shape index (κ2) is 9.39. The first-order valence-electron chi connectivity index (χ1n) is 8.37. The van der Waals surface area contributed by atoms with Crippen molar-refractivity contribution in [2.75, 3.05) is 0 Å². The Morgan fingerprint density at radius 1 is 1.11 bits per heavy atom. The molecule has 0 fully saturated rings. The molecule has 0 radical (unpaired) electrons. The molecule has 152 valence electrons. The van der Waals surface area contributed by atoms with Crippen LogP contribution in [0.25, 0.3) is 0 Å².